The van der Waals surface area contributed by atoms with Crippen molar-refractivity contribution in [2.45, 2.75) is 29.4 Å². The van der Waals surface area contributed by atoms with Gasteiger partial charge in [0.1, 0.15) is 17.9 Å². The Bertz CT molecular complexity index is 1530. The second kappa shape index (κ2) is 9.97. The quantitative estimate of drug-likeness (QED) is 0.303. The van der Waals surface area contributed by atoms with E-state index in [9.17, 15) is 18.3 Å². The summed E-state index contributed by atoms with van der Waals surface area (Å²) in [6.45, 7) is 0.310. The van der Waals surface area contributed by atoms with Crippen LogP contribution in [-0.4, -0.2) is 30.0 Å². The number of nitrogens with zero attached hydrogens (tertiary/aromatic N) is 1. The van der Waals surface area contributed by atoms with E-state index in [0.717, 1.165) is 16.7 Å². The topological polar surface area (TPSA) is 106 Å². The van der Waals surface area contributed by atoms with Gasteiger partial charge in [0.05, 0.1) is 4.90 Å². The molecular weight excluding hydrogens is 512 g/mol. The zero-order valence-corrected chi connectivity index (χ0v) is 21.1. The van der Waals surface area contributed by atoms with Gasteiger partial charge in [-0.05, 0) is 65.6 Å². The van der Waals surface area contributed by atoms with E-state index < -0.39 is 27.4 Å². The third kappa shape index (κ3) is 5.36. The first-order valence-corrected chi connectivity index (χ1v) is 13.4. The molecule has 1 heterocycles. The Morgan fingerprint density at radius 1 is 1.03 bits per heavy atom. The van der Waals surface area contributed by atoms with Crippen molar-refractivity contribution in [1.29, 1.82) is 0 Å². The van der Waals surface area contributed by atoms with Crippen molar-refractivity contribution in [3.05, 3.63) is 113 Å². The number of hydrogen-bond acceptors (Lipinski definition) is 5. The number of halogens is 1. The molecule has 188 valence electrons. The van der Waals surface area contributed by atoms with Crippen molar-refractivity contribution in [3.8, 4) is 16.9 Å². The van der Waals surface area contributed by atoms with Crippen LogP contribution >= 0.6 is 11.6 Å². The molecule has 5 rings (SSSR count). The number of aromatic nitrogens is 1. The minimum atomic E-state index is -4.09. The fourth-order valence-electron chi connectivity index (χ4n) is 4.30. The molecule has 4 aromatic rings. The normalized spacial score (nSPS) is 18.8. The van der Waals surface area contributed by atoms with Gasteiger partial charge in [0.15, 0.2) is 0 Å². The molecule has 1 aliphatic carbocycles. The lowest BCUT2D eigenvalue weighted by Gasteiger charge is -2.16. The van der Waals surface area contributed by atoms with E-state index in [4.69, 9.17) is 16.3 Å². The molecule has 0 amide bonds. The molecule has 2 atom stereocenters. The largest absolute Gasteiger partial charge is 0.489 e. The lowest BCUT2D eigenvalue weighted by atomic mass is 10.1. The van der Waals surface area contributed by atoms with Crippen LogP contribution in [-0.2, 0) is 21.4 Å². The van der Waals surface area contributed by atoms with Gasteiger partial charge in [-0.2, -0.15) is 4.72 Å². The van der Waals surface area contributed by atoms with E-state index in [2.05, 4.69) is 9.71 Å². The van der Waals surface area contributed by atoms with Crippen molar-refractivity contribution < 1.29 is 23.1 Å². The van der Waals surface area contributed by atoms with Gasteiger partial charge in [0, 0.05) is 28.9 Å². The molecule has 0 unspecified atom stereocenters. The summed E-state index contributed by atoms with van der Waals surface area (Å²) in [4.78, 5) is 16.3. The predicted molar refractivity (Wildman–Crippen MR) is 140 cm³/mol. The van der Waals surface area contributed by atoms with Crippen LogP contribution in [0.4, 0.5) is 0 Å². The first-order valence-electron chi connectivity index (χ1n) is 11.5. The molecule has 0 saturated heterocycles. The Hall–Kier alpha value is -3.72. The highest BCUT2D eigenvalue weighted by Gasteiger charge is 2.63. The van der Waals surface area contributed by atoms with Gasteiger partial charge >= 0.3 is 5.97 Å². The molecule has 2 N–H and O–H groups in total. The van der Waals surface area contributed by atoms with Gasteiger partial charge in [-0.3, -0.25) is 9.78 Å². The summed E-state index contributed by atoms with van der Waals surface area (Å²) in [5.41, 5.74) is 1.66. The van der Waals surface area contributed by atoms with Gasteiger partial charge in [-0.25, -0.2) is 8.42 Å². The van der Waals surface area contributed by atoms with Crippen LogP contribution in [0.25, 0.3) is 11.1 Å². The van der Waals surface area contributed by atoms with Crippen LogP contribution in [0, 0.1) is 0 Å². The summed E-state index contributed by atoms with van der Waals surface area (Å²) < 4.78 is 34.6. The van der Waals surface area contributed by atoms with E-state index in [-0.39, 0.29) is 11.3 Å². The number of carboxylic acids is 1. The monoisotopic (exact) mass is 534 g/mol. The number of aliphatic carboxylic acids is 1. The van der Waals surface area contributed by atoms with E-state index in [1.165, 1.54) is 12.1 Å². The Kier molecular flexibility index (Phi) is 6.72. The Labute approximate surface area is 219 Å². The van der Waals surface area contributed by atoms with Crippen LogP contribution in [0.15, 0.2) is 102 Å². The van der Waals surface area contributed by atoms with Crippen LogP contribution in [0.3, 0.4) is 0 Å². The number of nitrogens with one attached hydrogen (secondary N) is 1. The average Bonchev–Trinajstić information content (AvgIpc) is 3.64. The molecule has 1 saturated carbocycles. The number of hydrogen-bond donors (Lipinski definition) is 2. The number of rotatable bonds is 9. The third-order valence-corrected chi connectivity index (χ3v) is 8.17. The van der Waals surface area contributed by atoms with E-state index in [0.29, 0.717) is 22.9 Å². The molecule has 1 aliphatic rings. The zero-order chi connectivity index (χ0) is 26.0. The summed E-state index contributed by atoms with van der Waals surface area (Å²) in [5.74, 6) is -1.19. The average molecular weight is 535 g/mol. The number of benzene rings is 3. The van der Waals surface area contributed by atoms with E-state index >= 15 is 0 Å². The summed E-state index contributed by atoms with van der Waals surface area (Å²) >= 11 is 5.94. The summed E-state index contributed by atoms with van der Waals surface area (Å²) in [6.07, 6.45) is 3.52. The molecule has 0 radical (unpaired) electrons. The Morgan fingerprint density at radius 3 is 2.38 bits per heavy atom. The SMILES string of the molecule is O=C(O)[C@]1(NS(=O)(=O)c2ccc(-c3ccc(Cl)cc3)cc2)C[C@H]1c1cccc(OCc2cccnc2)c1. The first-order chi connectivity index (χ1) is 17.8. The lowest BCUT2D eigenvalue weighted by Crippen LogP contribution is -2.44. The van der Waals surface area contributed by atoms with E-state index in [1.54, 1.807) is 60.9 Å². The van der Waals surface area contributed by atoms with Crippen molar-refractivity contribution >= 4 is 27.6 Å². The second-order valence-corrected chi connectivity index (χ2v) is 11.0. The van der Waals surface area contributed by atoms with E-state index in [1.807, 2.05) is 24.3 Å². The lowest BCUT2D eigenvalue weighted by molar-refractivity contribution is -0.140. The fourth-order valence-corrected chi connectivity index (χ4v) is 5.83. The Balaban J connectivity index is 1.32. The van der Waals surface area contributed by atoms with Gasteiger partial charge in [-0.1, -0.05) is 54.1 Å². The zero-order valence-electron chi connectivity index (χ0n) is 19.5. The molecule has 0 spiro atoms. The van der Waals surface area contributed by atoms with Crippen LogP contribution in [0.5, 0.6) is 5.75 Å². The van der Waals surface area contributed by atoms with Crippen molar-refractivity contribution in [3.63, 3.8) is 0 Å². The van der Waals surface area contributed by atoms with Crippen LogP contribution < -0.4 is 9.46 Å². The molecule has 0 bridgehead atoms. The summed E-state index contributed by atoms with van der Waals surface area (Å²) in [5, 5.41) is 10.6. The van der Waals surface area contributed by atoms with Crippen LogP contribution in [0.2, 0.25) is 5.02 Å². The predicted octanol–water partition coefficient (Wildman–Crippen LogP) is 5.27. The number of ether oxygens (including phenoxy) is 1. The molecule has 37 heavy (non-hydrogen) atoms. The van der Waals surface area contributed by atoms with Gasteiger partial charge < -0.3 is 9.84 Å². The maximum Gasteiger partial charge on any atom is 0.325 e. The fraction of sp³-hybridized carbons (Fsp3) is 0.143. The number of pyridine rings is 1. The van der Waals surface area contributed by atoms with Gasteiger partial charge in [0.2, 0.25) is 10.0 Å². The molecule has 3 aromatic carbocycles. The molecular formula is C28H23ClN2O5S. The molecule has 1 fully saturated rings. The highest BCUT2D eigenvalue weighted by Crippen LogP contribution is 2.53. The highest BCUT2D eigenvalue weighted by molar-refractivity contribution is 7.89. The molecule has 0 aliphatic heterocycles. The standard InChI is InChI=1S/C28H23ClN2O5S/c29-23-10-6-20(7-11-23)21-8-12-25(13-9-21)37(34,35)31-28(27(32)33)16-26(28)22-4-1-5-24(15-22)36-18-19-3-2-14-30-17-19/h1-15,17,26,31H,16,18H2,(H,32,33)/t26-,28-/m0/s1. The third-order valence-electron chi connectivity index (χ3n) is 6.39. The van der Waals surface area contributed by atoms with Crippen LogP contribution in [0.1, 0.15) is 23.5 Å². The highest BCUT2D eigenvalue weighted by atomic mass is 35.5. The second-order valence-electron chi connectivity index (χ2n) is 8.89. The first kappa shape index (κ1) is 25.0. The summed E-state index contributed by atoms with van der Waals surface area (Å²) in [7, 11) is -4.09. The van der Waals surface area contributed by atoms with Crippen molar-refractivity contribution in [1.82, 2.24) is 9.71 Å². The van der Waals surface area contributed by atoms with Crippen molar-refractivity contribution in [2.75, 3.05) is 0 Å². The maximum atomic E-state index is 13.2. The minimum absolute atomic E-state index is 0.00922. The number of sulfonamides is 1. The maximum absolute atomic E-state index is 13.2. The smallest absolute Gasteiger partial charge is 0.325 e. The minimum Gasteiger partial charge on any atom is -0.489 e. The Morgan fingerprint density at radius 2 is 1.73 bits per heavy atom. The number of carbonyl (C=O) groups is 1. The number of carboxylic acid groups (broad SMARTS) is 1. The molecule has 1 aromatic heterocycles. The molecule has 9 heteroatoms. The van der Waals surface area contributed by atoms with Gasteiger partial charge in [-0.15, -0.1) is 0 Å². The van der Waals surface area contributed by atoms with Crippen molar-refractivity contribution in [2.24, 2.45) is 0 Å². The van der Waals surface area contributed by atoms with Gasteiger partial charge in [0.25, 0.3) is 0 Å². The summed E-state index contributed by atoms with van der Waals surface area (Å²) in [6, 6.07) is 24.3. The molecule has 7 nitrogen and oxygen atoms in total.